The lowest BCUT2D eigenvalue weighted by atomic mass is 9.56. The van der Waals surface area contributed by atoms with Crippen molar-refractivity contribution in [3.63, 3.8) is 0 Å². The van der Waals surface area contributed by atoms with Crippen molar-refractivity contribution < 1.29 is 0 Å². The van der Waals surface area contributed by atoms with Gasteiger partial charge in [0, 0.05) is 0 Å². The molecule has 0 unspecified atom stereocenters. The molecule has 0 heterocycles. The van der Waals surface area contributed by atoms with Gasteiger partial charge in [-0.2, -0.15) is 0 Å². The summed E-state index contributed by atoms with van der Waals surface area (Å²) in [6, 6.07) is 0. The summed E-state index contributed by atoms with van der Waals surface area (Å²) in [4.78, 5) is 0. The lowest BCUT2D eigenvalue weighted by Gasteiger charge is -2.08. The molecule has 0 N–H and O–H groups in total. The standard InChI is InChI=1S/C5H12B2/c1-3-4-5(2,6)7/h3-4H,6-7H2,1-2H3. The summed E-state index contributed by atoms with van der Waals surface area (Å²) >= 11 is 0. The Morgan fingerprint density at radius 2 is 1.86 bits per heavy atom. The van der Waals surface area contributed by atoms with Crippen LogP contribution in [-0.2, 0) is 0 Å². The molecule has 0 aliphatic rings. The molecule has 0 fully saturated rings. The highest BCUT2D eigenvalue weighted by atomic mass is 13.9. The summed E-state index contributed by atoms with van der Waals surface area (Å²) in [5, 5.41) is 0.370. The summed E-state index contributed by atoms with van der Waals surface area (Å²) in [5.41, 5.74) is 0. The molecule has 0 aliphatic heterocycles. The van der Waals surface area contributed by atoms with Crippen molar-refractivity contribution in [1.82, 2.24) is 0 Å². The molecule has 0 bridgehead atoms. The number of allylic oxidation sites excluding steroid dienone is 2. The van der Waals surface area contributed by atoms with Gasteiger partial charge in [0.05, 0.1) is 0 Å². The number of rotatable bonds is 1. The first-order chi connectivity index (χ1) is 3.06. The van der Waals surface area contributed by atoms with E-state index in [0.29, 0.717) is 5.21 Å². The summed E-state index contributed by atoms with van der Waals surface area (Å²) in [7, 11) is 4.38. The third kappa shape index (κ3) is 5.87. The Kier molecular flexibility index (Phi) is 2.21. The van der Waals surface area contributed by atoms with E-state index in [1.165, 1.54) is 0 Å². The van der Waals surface area contributed by atoms with E-state index >= 15 is 0 Å². The summed E-state index contributed by atoms with van der Waals surface area (Å²) < 4.78 is 0. The van der Waals surface area contributed by atoms with Crippen LogP contribution in [0.15, 0.2) is 12.2 Å². The maximum absolute atomic E-state index is 2.19. The largest absolute Gasteiger partial charge is 0.103 e. The molecular formula is C5H12B2. The molecule has 0 aromatic heterocycles. The Balaban J connectivity index is 3.56. The van der Waals surface area contributed by atoms with Crippen LogP contribution < -0.4 is 0 Å². The quantitative estimate of drug-likeness (QED) is 0.316. The van der Waals surface area contributed by atoms with Crippen molar-refractivity contribution in [2.75, 3.05) is 0 Å². The van der Waals surface area contributed by atoms with Crippen LogP contribution in [0.2, 0.25) is 5.21 Å². The zero-order valence-electron chi connectivity index (χ0n) is 5.65. The highest BCUT2D eigenvalue weighted by Gasteiger charge is 2.01. The molecule has 0 aromatic rings. The maximum Gasteiger partial charge on any atom is 0.103 e. The van der Waals surface area contributed by atoms with Crippen molar-refractivity contribution in [3.8, 4) is 0 Å². The molecule has 0 rings (SSSR count). The summed E-state index contributed by atoms with van der Waals surface area (Å²) in [5.74, 6) is 0. The van der Waals surface area contributed by atoms with Gasteiger partial charge in [-0.1, -0.05) is 24.3 Å². The minimum atomic E-state index is 0.370. The van der Waals surface area contributed by atoms with Gasteiger partial charge in [-0.15, -0.1) is 0 Å². The van der Waals surface area contributed by atoms with Crippen molar-refractivity contribution in [3.05, 3.63) is 12.2 Å². The van der Waals surface area contributed by atoms with Gasteiger partial charge in [0.2, 0.25) is 0 Å². The van der Waals surface area contributed by atoms with Gasteiger partial charge in [-0.05, 0) is 6.92 Å². The molecule has 0 saturated carbocycles. The fraction of sp³-hybridized carbons (Fsp3) is 0.600. The van der Waals surface area contributed by atoms with Gasteiger partial charge in [-0.25, -0.2) is 0 Å². The first kappa shape index (κ1) is 6.87. The molecule has 0 aromatic carbocycles. The molecule has 38 valence electrons. The second-order valence-electron chi connectivity index (χ2n) is 2.87. The second kappa shape index (κ2) is 2.25. The van der Waals surface area contributed by atoms with Crippen LogP contribution in [0.5, 0.6) is 0 Å². The van der Waals surface area contributed by atoms with E-state index in [9.17, 15) is 0 Å². The van der Waals surface area contributed by atoms with Crippen LogP contribution in [0.25, 0.3) is 0 Å². The molecule has 2 heteroatoms. The van der Waals surface area contributed by atoms with E-state index in [0.717, 1.165) is 0 Å². The van der Waals surface area contributed by atoms with E-state index in [1.54, 1.807) is 0 Å². The molecular weight excluding hydrogens is 81.7 g/mol. The average molecular weight is 93.8 g/mol. The van der Waals surface area contributed by atoms with Crippen LogP contribution in [0.1, 0.15) is 13.8 Å². The zero-order chi connectivity index (χ0) is 5.91. The minimum Gasteiger partial charge on any atom is -0.0985 e. The van der Waals surface area contributed by atoms with E-state index in [2.05, 4.69) is 34.8 Å². The first-order valence-electron chi connectivity index (χ1n) is 2.70. The smallest absolute Gasteiger partial charge is 0.0985 e. The third-order valence-electron chi connectivity index (χ3n) is 0.667. The summed E-state index contributed by atoms with van der Waals surface area (Å²) in [6.07, 6.45) is 4.27. The molecule has 0 amide bonds. The lowest BCUT2D eigenvalue weighted by molar-refractivity contribution is 1.09. The Morgan fingerprint density at radius 3 is 1.86 bits per heavy atom. The zero-order valence-corrected chi connectivity index (χ0v) is 5.65. The average Bonchev–Trinajstić information content (AvgIpc) is 1.30. The van der Waals surface area contributed by atoms with Crippen LogP contribution in [0, 0.1) is 0 Å². The Labute approximate surface area is 47.8 Å². The SMILES string of the molecule is BC(B)(C)C=CC. The molecule has 0 spiro atoms. The van der Waals surface area contributed by atoms with Crippen LogP contribution in [-0.4, -0.2) is 15.7 Å². The normalized spacial score (nSPS) is 12.9. The molecule has 0 nitrogen and oxygen atoms in total. The highest BCUT2D eigenvalue weighted by molar-refractivity contribution is 6.40. The van der Waals surface area contributed by atoms with Gasteiger partial charge in [-0.3, -0.25) is 0 Å². The Morgan fingerprint density at radius 1 is 1.43 bits per heavy atom. The third-order valence-corrected chi connectivity index (χ3v) is 0.667. The van der Waals surface area contributed by atoms with E-state index in [4.69, 9.17) is 0 Å². The van der Waals surface area contributed by atoms with Gasteiger partial charge in [0.1, 0.15) is 15.7 Å². The van der Waals surface area contributed by atoms with Crippen molar-refractivity contribution in [2.24, 2.45) is 0 Å². The lowest BCUT2D eigenvalue weighted by Crippen LogP contribution is -2.01. The highest BCUT2D eigenvalue weighted by Crippen LogP contribution is 2.13. The van der Waals surface area contributed by atoms with Crippen molar-refractivity contribution in [1.29, 1.82) is 0 Å². The van der Waals surface area contributed by atoms with Crippen LogP contribution in [0.3, 0.4) is 0 Å². The van der Waals surface area contributed by atoms with Gasteiger partial charge < -0.3 is 0 Å². The van der Waals surface area contributed by atoms with Crippen molar-refractivity contribution in [2.45, 2.75) is 19.1 Å². The van der Waals surface area contributed by atoms with E-state index in [1.807, 2.05) is 6.92 Å². The monoisotopic (exact) mass is 94.1 g/mol. The Hall–Kier alpha value is -0.130. The molecule has 0 radical (unpaired) electrons. The maximum atomic E-state index is 2.19. The van der Waals surface area contributed by atoms with Crippen LogP contribution in [0.4, 0.5) is 0 Å². The first-order valence-corrected chi connectivity index (χ1v) is 2.70. The number of hydrogen-bond donors (Lipinski definition) is 0. The van der Waals surface area contributed by atoms with Crippen molar-refractivity contribution >= 4 is 15.7 Å². The Bertz CT molecular complexity index is 68.6. The van der Waals surface area contributed by atoms with Gasteiger partial charge >= 0.3 is 0 Å². The molecule has 0 aliphatic carbocycles. The van der Waals surface area contributed by atoms with Crippen LogP contribution >= 0.6 is 0 Å². The van der Waals surface area contributed by atoms with E-state index in [-0.39, 0.29) is 0 Å². The minimum absolute atomic E-state index is 0.370. The predicted octanol–water partition coefficient (Wildman–Crippen LogP) is -0.0352. The number of hydrogen-bond acceptors (Lipinski definition) is 0. The van der Waals surface area contributed by atoms with Gasteiger partial charge in [0.25, 0.3) is 0 Å². The molecule has 0 atom stereocenters. The van der Waals surface area contributed by atoms with E-state index < -0.39 is 0 Å². The fourth-order valence-electron chi connectivity index (χ4n) is 0.500. The predicted molar refractivity (Wildman–Crippen MR) is 40.3 cm³/mol. The topological polar surface area (TPSA) is 0 Å². The second-order valence-corrected chi connectivity index (χ2v) is 2.87. The molecule has 7 heavy (non-hydrogen) atoms. The molecule has 0 saturated heterocycles. The van der Waals surface area contributed by atoms with Gasteiger partial charge in [0.15, 0.2) is 0 Å². The summed E-state index contributed by atoms with van der Waals surface area (Å²) in [6.45, 7) is 4.23. The fourth-order valence-corrected chi connectivity index (χ4v) is 0.500.